The molecule has 100 valence electrons. The molecule has 1 heterocycles. The third kappa shape index (κ3) is 3.42. The third-order valence-electron chi connectivity index (χ3n) is 2.61. The van der Waals surface area contributed by atoms with E-state index in [1.807, 2.05) is 44.2 Å². The van der Waals surface area contributed by atoms with Crippen LogP contribution >= 0.6 is 0 Å². The van der Waals surface area contributed by atoms with Crippen LogP contribution in [-0.2, 0) is 6.54 Å². The minimum Gasteiger partial charge on any atom is -0.478 e. The lowest BCUT2D eigenvalue weighted by Crippen LogP contribution is -2.05. The number of hydrogen-bond donors (Lipinski definition) is 2. The highest BCUT2D eigenvalue weighted by molar-refractivity contribution is 5.58. The van der Waals surface area contributed by atoms with E-state index in [2.05, 4.69) is 15.3 Å². The molecule has 3 N–H and O–H groups in total. The van der Waals surface area contributed by atoms with Crippen molar-refractivity contribution in [2.24, 2.45) is 5.73 Å². The first kappa shape index (κ1) is 13.3. The number of nitrogens with zero attached hydrogens (tertiary/aromatic N) is 2. The Morgan fingerprint density at radius 3 is 2.79 bits per heavy atom. The summed E-state index contributed by atoms with van der Waals surface area (Å²) in [6.07, 6.45) is 0. The van der Waals surface area contributed by atoms with Gasteiger partial charge in [0.1, 0.15) is 0 Å². The van der Waals surface area contributed by atoms with Crippen LogP contribution in [0.3, 0.4) is 0 Å². The predicted octanol–water partition coefficient (Wildman–Crippen LogP) is 2.39. The molecule has 0 aliphatic heterocycles. The summed E-state index contributed by atoms with van der Waals surface area (Å²) in [7, 11) is 0. The maximum atomic E-state index is 5.71. The Kier molecular flexibility index (Phi) is 4.30. The number of ether oxygens (including phenoxy) is 1. The van der Waals surface area contributed by atoms with Gasteiger partial charge in [-0.2, -0.15) is 4.98 Å². The van der Waals surface area contributed by atoms with Gasteiger partial charge in [0, 0.05) is 24.0 Å². The van der Waals surface area contributed by atoms with Crippen molar-refractivity contribution >= 4 is 11.6 Å². The maximum Gasteiger partial charge on any atom is 0.230 e. The van der Waals surface area contributed by atoms with Gasteiger partial charge in [-0.05, 0) is 25.5 Å². The van der Waals surface area contributed by atoms with E-state index in [1.165, 1.54) is 0 Å². The zero-order valence-electron chi connectivity index (χ0n) is 11.2. The Morgan fingerprint density at radius 1 is 1.26 bits per heavy atom. The molecular weight excluding hydrogens is 240 g/mol. The van der Waals surface area contributed by atoms with Crippen molar-refractivity contribution < 1.29 is 4.74 Å². The fourth-order valence-electron chi connectivity index (χ4n) is 1.76. The molecule has 0 amide bonds. The summed E-state index contributed by atoms with van der Waals surface area (Å²) in [5.41, 5.74) is 8.49. The number of nitrogens with one attached hydrogen (secondary N) is 1. The molecule has 5 heteroatoms. The molecule has 0 fully saturated rings. The Hall–Kier alpha value is -2.14. The minimum absolute atomic E-state index is 0.466. The van der Waals surface area contributed by atoms with E-state index in [-0.39, 0.29) is 0 Å². The van der Waals surface area contributed by atoms with Crippen molar-refractivity contribution in [1.82, 2.24) is 9.97 Å². The van der Waals surface area contributed by atoms with E-state index in [1.54, 1.807) is 0 Å². The lowest BCUT2D eigenvalue weighted by atomic mass is 10.2. The van der Waals surface area contributed by atoms with E-state index in [0.29, 0.717) is 25.0 Å². The Balaban J connectivity index is 2.27. The first-order chi connectivity index (χ1) is 9.22. The van der Waals surface area contributed by atoms with Crippen molar-refractivity contribution in [3.8, 4) is 5.88 Å². The van der Waals surface area contributed by atoms with Gasteiger partial charge < -0.3 is 15.8 Å². The molecule has 1 aromatic carbocycles. The second kappa shape index (κ2) is 6.15. The van der Waals surface area contributed by atoms with Gasteiger partial charge >= 0.3 is 0 Å². The van der Waals surface area contributed by atoms with Gasteiger partial charge in [0.25, 0.3) is 0 Å². The fourth-order valence-corrected chi connectivity index (χ4v) is 1.76. The van der Waals surface area contributed by atoms with Crippen molar-refractivity contribution in [2.45, 2.75) is 20.4 Å². The van der Waals surface area contributed by atoms with Gasteiger partial charge in [-0.25, -0.2) is 4.98 Å². The van der Waals surface area contributed by atoms with E-state index < -0.39 is 0 Å². The number of aryl methyl sites for hydroxylation is 1. The summed E-state index contributed by atoms with van der Waals surface area (Å²) in [5.74, 6) is 1.09. The van der Waals surface area contributed by atoms with E-state index in [9.17, 15) is 0 Å². The van der Waals surface area contributed by atoms with Crippen LogP contribution in [0.25, 0.3) is 0 Å². The Morgan fingerprint density at radius 2 is 2.05 bits per heavy atom. The molecule has 2 rings (SSSR count). The van der Waals surface area contributed by atoms with Crippen molar-refractivity contribution in [2.75, 3.05) is 11.9 Å². The van der Waals surface area contributed by atoms with Crippen LogP contribution in [0.4, 0.5) is 11.6 Å². The number of rotatable bonds is 5. The van der Waals surface area contributed by atoms with E-state index in [0.717, 1.165) is 16.9 Å². The highest BCUT2D eigenvalue weighted by Crippen LogP contribution is 2.20. The quantitative estimate of drug-likeness (QED) is 0.861. The molecule has 0 spiro atoms. The van der Waals surface area contributed by atoms with E-state index >= 15 is 0 Å². The predicted molar refractivity (Wildman–Crippen MR) is 75.6 cm³/mol. The summed E-state index contributed by atoms with van der Waals surface area (Å²) >= 11 is 0. The van der Waals surface area contributed by atoms with E-state index in [4.69, 9.17) is 10.5 Å². The molecule has 19 heavy (non-hydrogen) atoms. The normalized spacial score (nSPS) is 10.3. The zero-order chi connectivity index (χ0) is 13.7. The number of para-hydroxylation sites is 1. The number of aromatic nitrogens is 2. The number of nitrogens with two attached hydrogens (primary N) is 1. The summed E-state index contributed by atoms with van der Waals surface area (Å²) in [5, 5.41) is 3.18. The first-order valence-electron chi connectivity index (χ1n) is 6.26. The summed E-state index contributed by atoms with van der Waals surface area (Å²) in [6.45, 7) is 4.88. The maximum absolute atomic E-state index is 5.71. The minimum atomic E-state index is 0.466. The second-order valence-electron chi connectivity index (χ2n) is 4.09. The highest BCUT2D eigenvalue weighted by Gasteiger charge is 2.05. The van der Waals surface area contributed by atoms with Crippen LogP contribution in [-0.4, -0.2) is 16.6 Å². The smallest absolute Gasteiger partial charge is 0.230 e. The lowest BCUT2D eigenvalue weighted by molar-refractivity contribution is 0.326. The molecule has 0 radical (unpaired) electrons. The van der Waals surface area contributed by atoms with Gasteiger partial charge in [-0.3, -0.25) is 0 Å². The van der Waals surface area contributed by atoms with Gasteiger partial charge in [-0.1, -0.05) is 18.2 Å². The Bertz CT molecular complexity index is 557. The van der Waals surface area contributed by atoms with Crippen LogP contribution in [0.1, 0.15) is 18.2 Å². The molecule has 2 aromatic rings. The van der Waals surface area contributed by atoms with Gasteiger partial charge in [0.2, 0.25) is 11.8 Å². The van der Waals surface area contributed by atoms with Crippen molar-refractivity contribution in [1.29, 1.82) is 0 Å². The molecule has 0 aliphatic carbocycles. The van der Waals surface area contributed by atoms with Crippen LogP contribution in [0.5, 0.6) is 5.88 Å². The Labute approximate surface area is 112 Å². The van der Waals surface area contributed by atoms with Crippen LogP contribution in [0.15, 0.2) is 30.3 Å². The van der Waals surface area contributed by atoms with Crippen LogP contribution < -0.4 is 15.8 Å². The van der Waals surface area contributed by atoms with Gasteiger partial charge in [0.05, 0.1) is 6.61 Å². The zero-order valence-corrected chi connectivity index (χ0v) is 11.2. The SMILES string of the molecule is CCOc1cc(C)nc(Nc2ccccc2CN)n1. The number of benzene rings is 1. The molecule has 5 nitrogen and oxygen atoms in total. The summed E-state index contributed by atoms with van der Waals surface area (Å²) in [4.78, 5) is 8.65. The van der Waals surface area contributed by atoms with Crippen LogP contribution in [0, 0.1) is 6.92 Å². The number of anilines is 2. The lowest BCUT2D eigenvalue weighted by Gasteiger charge is -2.11. The average molecular weight is 258 g/mol. The van der Waals surface area contributed by atoms with Gasteiger partial charge in [-0.15, -0.1) is 0 Å². The molecular formula is C14H18N4O. The second-order valence-corrected chi connectivity index (χ2v) is 4.09. The standard InChI is InChI=1S/C14H18N4O/c1-3-19-13-8-10(2)16-14(18-13)17-12-7-5-4-6-11(12)9-15/h4-8H,3,9,15H2,1-2H3,(H,16,17,18). The number of hydrogen-bond acceptors (Lipinski definition) is 5. The van der Waals surface area contributed by atoms with Gasteiger partial charge in [0.15, 0.2) is 0 Å². The molecule has 0 bridgehead atoms. The molecule has 0 saturated heterocycles. The van der Waals surface area contributed by atoms with Crippen molar-refractivity contribution in [3.63, 3.8) is 0 Å². The molecule has 1 aromatic heterocycles. The topological polar surface area (TPSA) is 73.1 Å². The fraction of sp³-hybridized carbons (Fsp3) is 0.286. The third-order valence-corrected chi connectivity index (χ3v) is 2.61. The average Bonchev–Trinajstić information content (AvgIpc) is 2.39. The summed E-state index contributed by atoms with van der Waals surface area (Å²) < 4.78 is 5.41. The molecule has 0 atom stereocenters. The molecule has 0 unspecified atom stereocenters. The largest absolute Gasteiger partial charge is 0.478 e. The molecule has 0 aliphatic rings. The monoisotopic (exact) mass is 258 g/mol. The summed E-state index contributed by atoms with van der Waals surface area (Å²) in [6, 6.07) is 9.64. The van der Waals surface area contributed by atoms with Crippen LogP contribution in [0.2, 0.25) is 0 Å². The first-order valence-corrected chi connectivity index (χ1v) is 6.26. The highest BCUT2D eigenvalue weighted by atomic mass is 16.5. The van der Waals surface area contributed by atoms with Crippen molar-refractivity contribution in [3.05, 3.63) is 41.6 Å². The molecule has 0 saturated carbocycles.